The number of amides is 1. The summed E-state index contributed by atoms with van der Waals surface area (Å²) in [4.78, 5) is 13.1. The minimum Gasteiger partial charge on any atom is -0.389 e. The molecule has 1 amide bonds. The summed E-state index contributed by atoms with van der Waals surface area (Å²) in [6, 6.07) is 4.72. The molecule has 0 spiro atoms. The van der Waals surface area contributed by atoms with Gasteiger partial charge in [0.05, 0.1) is 11.8 Å². The summed E-state index contributed by atoms with van der Waals surface area (Å²) in [5.74, 6) is -0.360. The topological polar surface area (TPSA) is 52.6 Å². The highest BCUT2D eigenvalue weighted by Gasteiger charge is 2.17. The average molecular weight is 252 g/mol. The molecule has 1 aromatic carbocycles. The molecule has 1 atom stereocenters. The average Bonchev–Trinajstić information content (AvgIpc) is 2.54. The summed E-state index contributed by atoms with van der Waals surface area (Å²) in [7, 11) is 0. The molecule has 0 aromatic heterocycles. The van der Waals surface area contributed by atoms with E-state index in [1.165, 1.54) is 6.07 Å². The molecule has 1 fully saturated rings. The number of benzene rings is 1. The van der Waals surface area contributed by atoms with Crippen LogP contribution in [0.15, 0.2) is 18.2 Å². The number of nitrogens with one attached hydrogen (secondary N) is 1. The number of carbonyl (C=O) groups is 1. The van der Waals surface area contributed by atoms with Crippen molar-refractivity contribution in [1.29, 1.82) is 0 Å². The Hall–Kier alpha value is -1.62. The van der Waals surface area contributed by atoms with Crippen LogP contribution in [0, 0.1) is 5.82 Å². The molecular formula is C13H17FN2O2. The predicted molar refractivity (Wildman–Crippen MR) is 66.9 cm³/mol. The predicted octanol–water partition coefficient (Wildman–Crippen LogP) is 1.21. The Bertz CT molecular complexity index is 449. The highest BCUT2D eigenvalue weighted by molar-refractivity contribution is 5.77. The lowest BCUT2D eigenvalue weighted by molar-refractivity contribution is -0.120. The fraction of sp³-hybridized carbons (Fsp3) is 0.462. The maximum atomic E-state index is 14.0. The Kier molecular flexibility index (Phi) is 3.81. The summed E-state index contributed by atoms with van der Waals surface area (Å²) < 4.78 is 14.0. The molecule has 0 radical (unpaired) electrons. The molecule has 5 heteroatoms. The lowest BCUT2D eigenvalue weighted by Crippen LogP contribution is -2.29. The van der Waals surface area contributed by atoms with Gasteiger partial charge < -0.3 is 15.3 Å². The minimum absolute atomic E-state index is 0.00138. The monoisotopic (exact) mass is 252 g/mol. The molecule has 4 nitrogen and oxygen atoms in total. The number of nitrogens with zero attached hydrogens (tertiary/aromatic N) is 1. The van der Waals surface area contributed by atoms with Crippen LogP contribution in [0.4, 0.5) is 10.1 Å². The Labute approximate surface area is 105 Å². The highest BCUT2D eigenvalue weighted by atomic mass is 19.1. The first-order chi connectivity index (χ1) is 8.58. The normalized spacial score (nSPS) is 18.2. The second-order valence-electron chi connectivity index (χ2n) is 4.47. The Morgan fingerprint density at radius 2 is 2.22 bits per heavy atom. The van der Waals surface area contributed by atoms with Gasteiger partial charge >= 0.3 is 0 Å². The summed E-state index contributed by atoms with van der Waals surface area (Å²) >= 11 is 0. The van der Waals surface area contributed by atoms with Crippen molar-refractivity contribution in [2.75, 3.05) is 24.5 Å². The first kappa shape index (κ1) is 12.8. The molecule has 0 bridgehead atoms. The van der Waals surface area contributed by atoms with Crippen LogP contribution in [0.3, 0.4) is 0 Å². The van der Waals surface area contributed by atoms with Crippen molar-refractivity contribution in [3.8, 4) is 0 Å². The molecule has 1 saturated heterocycles. The first-order valence-corrected chi connectivity index (χ1v) is 6.07. The molecule has 2 N–H and O–H groups in total. The third-order valence-electron chi connectivity index (χ3n) is 3.11. The van der Waals surface area contributed by atoms with Crippen molar-refractivity contribution in [3.05, 3.63) is 29.6 Å². The van der Waals surface area contributed by atoms with E-state index in [4.69, 9.17) is 0 Å². The molecule has 1 aliphatic heterocycles. The van der Waals surface area contributed by atoms with Crippen molar-refractivity contribution in [3.63, 3.8) is 0 Å². The van der Waals surface area contributed by atoms with Crippen LogP contribution in [0.5, 0.6) is 0 Å². The molecule has 1 aliphatic rings. The van der Waals surface area contributed by atoms with E-state index >= 15 is 0 Å². The molecule has 0 unspecified atom stereocenters. The van der Waals surface area contributed by atoms with Gasteiger partial charge in [0, 0.05) is 26.1 Å². The Balaban J connectivity index is 2.20. The van der Waals surface area contributed by atoms with E-state index in [1.54, 1.807) is 19.1 Å². The molecule has 98 valence electrons. The van der Waals surface area contributed by atoms with Gasteiger partial charge in [0.15, 0.2) is 0 Å². The Morgan fingerprint density at radius 3 is 2.89 bits per heavy atom. The summed E-state index contributed by atoms with van der Waals surface area (Å²) in [6.07, 6.45) is -0.307. The molecule has 1 aromatic rings. The van der Waals surface area contributed by atoms with E-state index < -0.39 is 6.10 Å². The number of aliphatic hydroxyl groups excluding tert-OH is 1. The van der Waals surface area contributed by atoms with E-state index in [-0.39, 0.29) is 11.7 Å². The van der Waals surface area contributed by atoms with Gasteiger partial charge in [-0.3, -0.25) is 4.79 Å². The largest absolute Gasteiger partial charge is 0.389 e. The molecule has 2 rings (SSSR count). The van der Waals surface area contributed by atoms with Crippen molar-refractivity contribution >= 4 is 11.6 Å². The summed E-state index contributed by atoms with van der Waals surface area (Å²) in [5, 5.41) is 12.1. The lowest BCUT2D eigenvalue weighted by atomic mass is 10.1. The Morgan fingerprint density at radius 1 is 1.44 bits per heavy atom. The fourth-order valence-electron chi connectivity index (χ4n) is 2.05. The maximum absolute atomic E-state index is 14.0. The third-order valence-corrected chi connectivity index (χ3v) is 3.11. The molecule has 1 heterocycles. The number of hydrogen-bond acceptors (Lipinski definition) is 3. The van der Waals surface area contributed by atoms with Crippen LogP contribution in [-0.4, -0.2) is 30.6 Å². The second-order valence-corrected chi connectivity index (χ2v) is 4.47. The van der Waals surface area contributed by atoms with Crippen molar-refractivity contribution in [2.45, 2.75) is 19.4 Å². The van der Waals surface area contributed by atoms with Crippen molar-refractivity contribution in [1.82, 2.24) is 5.32 Å². The SMILES string of the molecule is C[C@H](O)c1ccc(N2CCNC(=O)CC2)c(F)c1. The van der Waals surface area contributed by atoms with E-state index in [2.05, 4.69) is 5.32 Å². The quantitative estimate of drug-likeness (QED) is 0.831. The van der Waals surface area contributed by atoms with E-state index in [9.17, 15) is 14.3 Å². The smallest absolute Gasteiger partial charge is 0.221 e. The van der Waals surface area contributed by atoms with Gasteiger partial charge in [-0.15, -0.1) is 0 Å². The van der Waals surface area contributed by atoms with Crippen LogP contribution in [-0.2, 0) is 4.79 Å². The number of carbonyl (C=O) groups excluding carboxylic acids is 1. The van der Waals surface area contributed by atoms with Crippen LogP contribution < -0.4 is 10.2 Å². The van der Waals surface area contributed by atoms with Gasteiger partial charge in [-0.1, -0.05) is 6.07 Å². The second kappa shape index (κ2) is 5.35. The number of hydrogen-bond donors (Lipinski definition) is 2. The van der Waals surface area contributed by atoms with E-state index in [0.29, 0.717) is 37.3 Å². The van der Waals surface area contributed by atoms with E-state index in [1.807, 2.05) is 4.90 Å². The highest BCUT2D eigenvalue weighted by Crippen LogP contribution is 2.23. The van der Waals surface area contributed by atoms with Crippen LogP contribution in [0.2, 0.25) is 0 Å². The van der Waals surface area contributed by atoms with Gasteiger partial charge in [-0.05, 0) is 24.6 Å². The fourth-order valence-corrected chi connectivity index (χ4v) is 2.05. The van der Waals surface area contributed by atoms with Crippen LogP contribution in [0.25, 0.3) is 0 Å². The summed E-state index contributed by atoms with van der Waals surface area (Å²) in [6.45, 7) is 3.23. The zero-order valence-corrected chi connectivity index (χ0v) is 10.3. The van der Waals surface area contributed by atoms with Gasteiger partial charge in [0.1, 0.15) is 5.82 Å². The van der Waals surface area contributed by atoms with Crippen LogP contribution in [0.1, 0.15) is 25.0 Å². The van der Waals surface area contributed by atoms with Crippen molar-refractivity contribution < 1.29 is 14.3 Å². The van der Waals surface area contributed by atoms with Crippen molar-refractivity contribution in [2.24, 2.45) is 0 Å². The van der Waals surface area contributed by atoms with Gasteiger partial charge in [0.25, 0.3) is 0 Å². The number of halogens is 1. The number of anilines is 1. The third kappa shape index (κ3) is 2.79. The summed E-state index contributed by atoms with van der Waals surface area (Å²) in [5.41, 5.74) is 1.04. The molecular weight excluding hydrogens is 235 g/mol. The number of rotatable bonds is 2. The standard InChI is InChI=1S/C13H17FN2O2/c1-9(17)10-2-3-12(11(14)8-10)16-6-4-13(18)15-5-7-16/h2-3,8-9,17H,4-7H2,1H3,(H,15,18)/t9-/m0/s1. The van der Waals surface area contributed by atoms with Gasteiger partial charge in [-0.25, -0.2) is 4.39 Å². The zero-order chi connectivity index (χ0) is 13.1. The zero-order valence-electron chi connectivity index (χ0n) is 10.3. The first-order valence-electron chi connectivity index (χ1n) is 6.07. The molecule has 0 aliphatic carbocycles. The minimum atomic E-state index is -0.680. The van der Waals surface area contributed by atoms with Gasteiger partial charge in [-0.2, -0.15) is 0 Å². The molecule has 0 saturated carbocycles. The molecule has 18 heavy (non-hydrogen) atoms. The van der Waals surface area contributed by atoms with Crippen LogP contribution >= 0.6 is 0 Å². The lowest BCUT2D eigenvalue weighted by Gasteiger charge is -2.23. The van der Waals surface area contributed by atoms with Gasteiger partial charge in [0.2, 0.25) is 5.91 Å². The van der Waals surface area contributed by atoms with E-state index in [0.717, 1.165) is 0 Å². The number of aliphatic hydroxyl groups is 1. The maximum Gasteiger partial charge on any atom is 0.221 e.